The highest BCUT2D eigenvalue weighted by Crippen LogP contribution is 2.23. The molecule has 7 nitrogen and oxygen atoms in total. The Hall–Kier alpha value is -1.90. The molecule has 1 rings (SSSR count). The molecule has 0 radical (unpaired) electrons. The third kappa shape index (κ3) is 5.47. The van der Waals surface area contributed by atoms with Crippen molar-refractivity contribution in [2.45, 2.75) is 19.1 Å². The quantitative estimate of drug-likeness (QED) is 0.563. The van der Waals surface area contributed by atoms with Crippen LogP contribution in [0.1, 0.15) is 28.9 Å². The summed E-state index contributed by atoms with van der Waals surface area (Å²) in [5.74, 6) is -1.87. The van der Waals surface area contributed by atoms with Gasteiger partial charge in [0.1, 0.15) is 12.6 Å². The number of amides is 1. The van der Waals surface area contributed by atoms with Crippen LogP contribution in [0.15, 0.2) is 24.3 Å². The Kier molecular flexibility index (Phi) is 7.03. The first-order chi connectivity index (χ1) is 10.3. The van der Waals surface area contributed by atoms with E-state index in [0.717, 1.165) is 11.8 Å². The van der Waals surface area contributed by atoms with Crippen LogP contribution < -0.4 is 5.32 Å². The summed E-state index contributed by atoms with van der Waals surface area (Å²) < 4.78 is 0. The fraction of sp³-hybridized carbons (Fsp3) is 0.357. The Balaban J connectivity index is 2.87. The van der Waals surface area contributed by atoms with Gasteiger partial charge in [0.2, 0.25) is 0 Å². The lowest BCUT2D eigenvalue weighted by atomic mass is 9.98. The number of aliphatic hydroxyl groups excluding tert-OH is 2. The molecule has 4 N–H and O–H groups in total. The molecule has 0 aliphatic carbocycles. The van der Waals surface area contributed by atoms with Crippen molar-refractivity contribution in [3.63, 3.8) is 0 Å². The molecular weight excluding hydrogens is 310 g/mol. The molecule has 8 heteroatoms. The lowest BCUT2D eigenvalue weighted by Crippen LogP contribution is -2.31. The van der Waals surface area contributed by atoms with E-state index in [-0.39, 0.29) is 22.0 Å². The van der Waals surface area contributed by atoms with Gasteiger partial charge in [-0.2, -0.15) is 0 Å². The number of hydrogen-bond donors (Lipinski definition) is 4. The SMILES string of the molecule is CC(=O)SCC(O)C(O)c1ccccc1C(=O)NCC(=O)O. The van der Waals surface area contributed by atoms with Crippen molar-refractivity contribution < 1.29 is 29.7 Å². The minimum atomic E-state index is -1.36. The van der Waals surface area contributed by atoms with Gasteiger partial charge in [-0.1, -0.05) is 30.0 Å². The molecule has 0 bridgehead atoms. The number of benzene rings is 1. The highest BCUT2D eigenvalue weighted by Gasteiger charge is 2.24. The second-order valence-corrected chi connectivity index (χ2v) is 5.68. The Morgan fingerprint density at radius 1 is 1.23 bits per heavy atom. The molecule has 0 aliphatic heterocycles. The molecule has 120 valence electrons. The van der Waals surface area contributed by atoms with Crippen molar-refractivity contribution in [2.75, 3.05) is 12.3 Å². The minimum Gasteiger partial charge on any atom is -0.480 e. The van der Waals surface area contributed by atoms with Crippen molar-refractivity contribution in [1.82, 2.24) is 5.32 Å². The van der Waals surface area contributed by atoms with Crippen molar-refractivity contribution in [2.24, 2.45) is 0 Å². The maximum Gasteiger partial charge on any atom is 0.322 e. The van der Waals surface area contributed by atoms with E-state index in [2.05, 4.69) is 5.32 Å². The van der Waals surface area contributed by atoms with Gasteiger partial charge >= 0.3 is 5.97 Å². The maximum absolute atomic E-state index is 11.9. The van der Waals surface area contributed by atoms with Crippen molar-refractivity contribution in [3.05, 3.63) is 35.4 Å². The molecular formula is C14H17NO6S. The highest BCUT2D eigenvalue weighted by atomic mass is 32.2. The topological polar surface area (TPSA) is 124 Å². The number of carboxylic acid groups (broad SMARTS) is 1. The van der Waals surface area contributed by atoms with E-state index < -0.39 is 30.6 Å². The first kappa shape index (κ1) is 18.1. The minimum absolute atomic E-state index is 0.0123. The lowest BCUT2D eigenvalue weighted by molar-refractivity contribution is -0.135. The summed E-state index contributed by atoms with van der Waals surface area (Å²) in [6.07, 6.45) is -2.60. The summed E-state index contributed by atoms with van der Waals surface area (Å²) >= 11 is 0.864. The number of carbonyl (C=O) groups is 3. The standard InChI is InChI=1S/C14H17NO6S/c1-8(16)22-7-11(17)13(20)9-4-2-3-5-10(9)14(21)15-6-12(18)19/h2-5,11,13,17,20H,6-7H2,1H3,(H,15,21)(H,18,19). The number of rotatable bonds is 7. The molecule has 0 fully saturated rings. The van der Waals surface area contributed by atoms with Crippen LogP contribution in [0.2, 0.25) is 0 Å². The number of nitrogens with one attached hydrogen (secondary N) is 1. The Morgan fingerprint density at radius 3 is 2.45 bits per heavy atom. The van der Waals surface area contributed by atoms with Crippen LogP contribution in [0.3, 0.4) is 0 Å². The zero-order chi connectivity index (χ0) is 16.7. The average molecular weight is 327 g/mol. The Morgan fingerprint density at radius 2 is 1.86 bits per heavy atom. The van der Waals surface area contributed by atoms with Crippen LogP contribution in [0, 0.1) is 0 Å². The molecule has 0 saturated carbocycles. The van der Waals surface area contributed by atoms with E-state index in [0.29, 0.717) is 0 Å². The number of thioether (sulfide) groups is 1. The monoisotopic (exact) mass is 327 g/mol. The third-order valence-electron chi connectivity index (χ3n) is 2.75. The predicted octanol–water partition coefficient (Wildman–Crippen LogP) is 0.175. The van der Waals surface area contributed by atoms with Gasteiger partial charge in [0, 0.05) is 18.2 Å². The van der Waals surface area contributed by atoms with E-state index >= 15 is 0 Å². The summed E-state index contributed by atoms with van der Waals surface area (Å²) in [4.78, 5) is 33.3. The number of hydrogen-bond acceptors (Lipinski definition) is 6. The molecule has 0 saturated heterocycles. The van der Waals surface area contributed by atoms with Gasteiger partial charge < -0.3 is 20.6 Å². The largest absolute Gasteiger partial charge is 0.480 e. The van der Waals surface area contributed by atoms with Gasteiger partial charge in [-0.3, -0.25) is 14.4 Å². The normalized spacial score (nSPS) is 13.2. The molecule has 0 spiro atoms. The smallest absolute Gasteiger partial charge is 0.322 e. The summed E-state index contributed by atoms with van der Waals surface area (Å²) in [7, 11) is 0. The average Bonchev–Trinajstić information content (AvgIpc) is 2.49. The van der Waals surface area contributed by atoms with E-state index in [1.165, 1.54) is 19.1 Å². The summed E-state index contributed by atoms with van der Waals surface area (Å²) in [6, 6.07) is 6.02. The van der Waals surface area contributed by atoms with Gasteiger partial charge in [-0.15, -0.1) is 0 Å². The van der Waals surface area contributed by atoms with Gasteiger partial charge in [0.05, 0.1) is 6.10 Å². The molecule has 1 amide bonds. The van der Waals surface area contributed by atoms with E-state index in [9.17, 15) is 24.6 Å². The fourth-order valence-electron chi connectivity index (χ4n) is 1.71. The van der Waals surface area contributed by atoms with Crippen LogP contribution in [-0.4, -0.2) is 50.7 Å². The zero-order valence-electron chi connectivity index (χ0n) is 11.9. The van der Waals surface area contributed by atoms with Crippen molar-refractivity contribution in [3.8, 4) is 0 Å². The van der Waals surface area contributed by atoms with E-state index in [4.69, 9.17) is 5.11 Å². The second kappa shape index (κ2) is 8.52. The van der Waals surface area contributed by atoms with Crippen LogP contribution in [0.25, 0.3) is 0 Å². The van der Waals surface area contributed by atoms with Gasteiger partial charge in [0.25, 0.3) is 5.91 Å². The Bertz CT molecular complexity index is 562. The fourth-order valence-corrected chi connectivity index (χ4v) is 2.30. The highest BCUT2D eigenvalue weighted by molar-refractivity contribution is 8.13. The molecule has 2 unspecified atom stereocenters. The van der Waals surface area contributed by atoms with Crippen LogP contribution in [0.4, 0.5) is 0 Å². The van der Waals surface area contributed by atoms with E-state index in [1.807, 2.05) is 0 Å². The number of aliphatic hydroxyl groups is 2. The molecule has 0 aliphatic rings. The second-order valence-electron chi connectivity index (χ2n) is 4.48. The molecule has 22 heavy (non-hydrogen) atoms. The molecule has 1 aromatic rings. The molecule has 0 aromatic heterocycles. The zero-order valence-corrected chi connectivity index (χ0v) is 12.7. The van der Waals surface area contributed by atoms with Crippen molar-refractivity contribution in [1.29, 1.82) is 0 Å². The predicted molar refractivity (Wildman–Crippen MR) is 80.5 cm³/mol. The van der Waals surface area contributed by atoms with Crippen LogP contribution in [0.5, 0.6) is 0 Å². The summed E-state index contributed by atoms with van der Waals surface area (Å²) in [5, 5.41) is 30.6. The van der Waals surface area contributed by atoms with Crippen LogP contribution in [-0.2, 0) is 9.59 Å². The maximum atomic E-state index is 11.9. The first-order valence-electron chi connectivity index (χ1n) is 6.41. The number of aliphatic carboxylic acids is 1. The number of carbonyl (C=O) groups excluding carboxylic acids is 2. The molecule has 0 heterocycles. The summed E-state index contributed by atoms with van der Waals surface area (Å²) in [5.41, 5.74) is 0.241. The molecule has 1 aromatic carbocycles. The lowest BCUT2D eigenvalue weighted by Gasteiger charge is -2.19. The van der Waals surface area contributed by atoms with Crippen molar-refractivity contribution >= 4 is 28.8 Å². The number of carboxylic acids is 1. The van der Waals surface area contributed by atoms with E-state index in [1.54, 1.807) is 12.1 Å². The first-order valence-corrected chi connectivity index (χ1v) is 7.40. The van der Waals surface area contributed by atoms with Gasteiger partial charge in [-0.05, 0) is 11.6 Å². The third-order valence-corrected chi connectivity index (χ3v) is 3.66. The van der Waals surface area contributed by atoms with Gasteiger partial charge in [0.15, 0.2) is 5.12 Å². The molecule has 2 atom stereocenters. The van der Waals surface area contributed by atoms with Gasteiger partial charge in [-0.25, -0.2) is 0 Å². The van der Waals surface area contributed by atoms with Crippen LogP contribution >= 0.6 is 11.8 Å². The summed E-state index contributed by atoms with van der Waals surface area (Å²) in [6.45, 7) is 0.795. The Labute approximate surface area is 131 Å².